The molecule has 16 heavy (non-hydrogen) atoms. The molecule has 1 aromatic heterocycles. The lowest BCUT2D eigenvalue weighted by Crippen LogP contribution is -2.36. The number of hydrogen-bond donors (Lipinski definition) is 3. The molecule has 2 aromatic rings. The second-order valence-electron chi connectivity index (χ2n) is 3.49. The molecule has 0 fully saturated rings. The Morgan fingerprint density at radius 3 is 2.69 bits per heavy atom. The topological polar surface area (TPSA) is 65.6 Å². The third-order valence-corrected chi connectivity index (χ3v) is 2.51. The number of aliphatic hydroxyl groups is 1. The van der Waals surface area contributed by atoms with Crippen molar-refractivity contribution in [1.29, 1.82) is 0 Å². The monoisotopic (exact) mass is 223 g/mol. The van der Waals surface area contributed by atoms with E-state index in [1.807, 2.05) is 0 Å². The van der Waals surface area contributed by atoms with Crippen LogP contribution in [0.15, 0.2) is 24.3 Å². The van der Waals surface area contributed by atoms with Gasteiger partial charge in [0.15, 0.2) is 0 Å². The van der Waals surface area contributed by atoms with E-state index in [4.69, 9.17) is 15.2 Å². The molecule has 0 saturated carbocycles. The van der Waals surface area contributed by atoms with Crippen LogP contribution in [0.1, 0.15) is 0 Å². The van der Waals surface area contributed by atoms with Gasteiger partial charge < -0.3 is 19.7 Å². The lowest BCUT2D eigenvalue weighted by Gasteiger charge is -2.07. The molecule has 3 N–H and O–H groups in total. The van der Waals surface area contributed by atoms with Crippen molar-refractivity contribution < 1.29 is 19.5 Å². The van der Waals surface area contributed by atoms with Crippen LogP contribution in [0.2, 0.25) is 0 Å². The van der Waals surface area contributed by atoms with Gasteiger partial charge in [-0.2, -0.15) is 0 Å². The number of rotatable bonds is 3. The molecular formula is C10H11BFNO3. The quantitative estimate of drug-likeness (QED) is 0.612. The van der Waals surface area contributed by atoms with E-state index < -0.39 is 12.9 Å². The molecule has 1 aromatic carbocycles. The Morgan fingerprint density at radius 1 is 1.31 bits per heavy atom. The number of nitrogens with zero attached hydrogens (tertiary/aromatic N) is 1. The predicted octanol–water partition coefficient (Wildman–Crippen LogP) is -0.548. The van der Waals surface area contributed by atoms with Crippen molar-refractivity contribution in [2.45, 2.75) is 6.54 Å². The number of fused-ring (bicyclic) bond motifs is 1. The Kier molecular flexibility index (Phi) is 2.96. The zero-order chi connectivity index (χ0) is 11.7. The molecule has 0 aliphatic heterocycles. The van der Waals surface area contributed by atoms with Crippen molar-refractivity contribution >= 4 is 23.6 Å². The highest BCUT2D eigenvalue weighted by atomic mass is 19.1. The third-order valence-electron chi connectivity index (χ3n) is 2.51. The van der Waals surface area contributed by atoms with Crippen LogP contribution in [0.25, 0.3) is 10.9 Å². The Labute approximate surface area is 91.7 Å². The average molecular weight is 223 g/mol. The first-order chi connectivity index (χ1) is 7.65. The minimum atomic E-state index is -1.68. The summed E-state index contributed by atoms with van der Waals surface area (Å²) in [7, 11) is -1.68. The standard InChI is InChI=1S/C10H11BFNO3/c12-8-2-1-3-9-7(8)6-10(11(15)16)13(9)4-5-14/h1-3,6,14-16H,4-5H2. The van der Waals surface area contributed by atoms with E-state index in [0.717, 1.165) is 0 Å². The Balaban J connectivity index is 2.70. The van der Waals surface area contributed by atoms with E-state index in [1.165, 1.54) is 16.7 Å². The summed E-state index contributed by atoms with van der Waals surface area (Å²) in [4.78, 5) is 0. The molecule has 0 aliphatic rings. The smallest absolute Gasteiger partial charge is 0.422 e. The van der Waals surface area contributed by atoms with Crippen LogP contribution >= 0.6 is 0 Å². The summed E-state index contributed by atoms with van der Waals surface area (Å²) >= 11 is 0. The fourth-order valence-corrected chi connectivity index (χ4v) is 1.83. The second kappa shape index (κ2) is 4.25. The zero-order valence-electron chi connectivity index (χ0n) is 8.47. The van der Waals surface area contributed by atoms with Crippen molar-refractivity contribution in [3.05, 3.63) is 30.1 Å². The summed E-state index contributed by atoms with van der Waals surface area (Å²) in [5.74, 6) is -0.420. The first kappa shape index (κ1) is 11.1. The molecule has 0 bridgehead atoms. The van der Waals surface area contributed by atoms with Crippen molar-refractivity contribution in [3.63, 3.8) is 0 Å². The van der Waals surface area contributed by atoms with Crippen molar-refractivity contribution in [2.24, 2.45) is 0 Å². The Bertz CT molecular complexity index is 512. The minimum absolute atomic E-state index is 0.153. The minimum Gasteiger partial charge on any atom is -0.422 e. The molecule has 6 heteroatoms. The lowest BCUT2D eigenvalue weighted by molar-refractivity contribution is 0.278. The summed E-state index contributed by atoms with van der Waals surface area (Å²) in [5.41, 5.74) is 0.714. The van der Waals surface area contributed by atoms with Crippen LogP contribution in [-0.2, 0) is 6.54 Å². The highest BCUT2D eigenvalue weighted by Crippen LogP contribution is 2.17. The van der Waals surface area contributed by atoms with Gasteiger partial charge in [0.25, 0.3) is 0 Å². The van der Waals surface area contributed by atoms with Gasteiger partial charge in [0.2, 0.25) is 0 Å². The maximum absolute atomic E-state index is 13.4. The Hall–Kier alpha value is -1.37. The first-order valence-corrected chi connectivity index (χ1v) is 4.90. The highest BCUT2D eigenvalue weighted by Gasteiger charge is 2.20. The number of hydrogen-bond acceptors (Lipinski definition) is 3. The van der Waals surface area contributed by atoms with Crippen molar-refractivity contribution in [3.8, 4) is 0 Å². The van der Waals surface area contributed by atoms with E-state index in [9.17, 15) is 4.39 Å². The summed E-state index contributed by atoms with van der Waals surface area (Å²) in [5, 5.41) is 27.5. The molecule has 1 heterocycles. The summed E-state index contributed by atoms with van der Waals surface area (Å²) in [6.45, 7) is 0.0416. The summed E-state index contributed by atoms with van der Waals surface area (Å²) < 4.78 is 14.9. The fourth-order valence-electron chi connectivity index (χ4n) is 1.83. The lowest BCUT2D eigenvalue weighted by atomic mass is 9.86. The van der Waals surface area contributed by atoms with Crippen LogP contribution in [-0.4, -0.2) is 33.4 Å². The first-order valence-electron chi connectivity index (χ1n) is 4.90. The normalized spacial score (nSPS) is 11.0. The van der Waals surface area contributed by atoms with Gasteiger partial charge in [0, 0.05) is 17.5 Å². The van der Waals surface area contributed by atoms with E-state index >= 15 is 0 Å². The molecule has 0 aliphatic carbocycles. The second-order valence-corrected chi connectivity index (χ2v) is 3.49. The molecule has 0 unspecified atom stereocenters. The number of aliphatic hydroxyl groups excluding tert-OH is 1. The Morgan fingerprint density at radius 2 is 2.06 bits per heavy atom. The summed E-state index contributed by atoms with van der Waals surface area (Å²) in [6, 6.07) is 5.89. The third kappa shape index (κ3) is 1.71. The maximum Gasteiger partial charge on any atom is 0.505 e. The molecule has 0 saturated heterocycles. The van der Waals surface area contributed by atoms with Gasteiger partial charge in [-0.25, -0.2) is 4.39 Å². The van der Waals surface area contributed by atoms with E-state index in [1.54, 1.807) is 12.1 Å². The molecule has 4 nitrogen and oxygen atoms in total. The van der Waals surface area contributed by atoms with Gasteiger partial charge in [-0.3, -0.25) is 0 Å². The summed E-state index contributed by atoms with van der Waals surface area (Å²) in [6.07, 6.45) is 0. The van der Waals surface area contributed by atoms with Gasteiger partial charge in [-0.1, -0.05) is 6.07 Å². The van der Waals surface area contributed by atoms with Crippen LogP contribution in [0.4, 0.5) is 4.39 Å². The molecular weight excluding hydrogens is 212 g/mol. The highest BCUT2D eigenvalue weighted by molar-refractivity contribution is 6.58. The van der Waals surface area contributed by atoms with E-state index in [-0.39, 0.29) is 18.7 Å². The maximum atomic E-state index is 13.4. The number of benzene rings is 1. The largest absolute Gasteiger partial charge is 0.505 e. The molecule has 84 valence electrons. The molecule has 0 amide bonds. The SMILES string of the molecule is OCCn1c(B(O)O)cc2c(F)cccc21. The van der Waals surface area contributed by atoms with Gasteiger partial charge in [0.05, 0.1) is 12.1 Å². The van der Waals surface area contributed by atoms with Gasteiger partial charge >= 0.3 is 7.12 Å². The fraction of sp³-hybridized carbons (Fsp3) is 0.200. The van der Waals surface area contributed by atoms with Gasteiger partial charge in [-0.05, 0) is 18.2 Å². The number of aromatic nitrogens is 1. The van der Waals surface area contributed by atoms with E-state index in [0.29, 0.717) is 10.9 Å². The molecule has 0 atom stereocenters. The van der Waals surface area contributed by atoms with Crippen LogP contribution in [0, 0.1) is 5.82 Å². The van der Waals surface area contributed by atoms with Crippen LogP contribution in [0.3, 0.4) is 0 Å². The molecule has 0 spiro atoms. The predicted molar refractivity (Wildman–Crippen MR) is 58.8 cm³/mol. The van der Waals surface area contributed by atoms with Gasteiger partial charge in [0.1, 0.15) is 5.82 Å². The number of halogens is 1. The van der Waals surface area contributed by atoms with Gasteiger partial charge in [-0.15, -0.1) is 0 Å². The van der Waals surface area contributed by atoms with Crippen molar-refractivity contribution in [2.75, 3.05) is 6.61 Å². The van der Waals surface area contributed by atoms with Crippen LogP contribution in [0.5, 0.6) is 0 Å². The molecule has 0 radical (unpaired) electrons. The van der Waals surface area contributed by atoms with Crippen LogP contribution < -0.4 is 5.59 Å². The van der Waals surface area contributed by atoms with E-state index in [2.05, 4.69) is 0 Å². The zero-order valence-corrected chi connectivity index (χ0v) is 8.47. The molecule has 2 rings (SSSR count). The van der Waals surface area contributed by atoms with Crippen molar-refractivity contribution in [1.82, 2.24) is 4.57 Å². The average Bonchev–Trinajstić information content (AvgIpc) is 2.60.